The van der Waals surface area contributed by atoms with Gasteiger partial charge in [-0.25, -0.2) is 0 Å². The van der Waals surface area contributed by atoms with Crippen LogP contribution in [0.2, 0.25) is 0 Å². The number of hydrogen-bond acceptors (Lipinski definition) is 3. The van der Waals surface area contributed by atoms with E-state index in [1.165, 1.54) is 0 Å². The molecule has 0 fully saturated rings. The van der Waals surface area contributed by atoms with Crippen molar-refractivity contribution in [2.45, 2.75) is 26.2 Å². The third-order valence-electron chi connectivity index (χ3n) is 2.88. The van der Waals surface area contributed by atoms with Crippen LogP contribution in [0.3, 0.4) is 0 Å². The second kappa shape index (κ2) is 7.06. The molecular weight excluding hydrogens is 216 g/mol. The van der Waals surface area contributed by atoms with E-state index >= 15 is 0 Å². The van der Waals surface area contributed by atoms with Gasteiger partial charge in [0.15, 0.2) is 0 Å². The van der Waals surface area contributed by atoms with Crippen LogP contribution in [0.4, 0.5) is 0 Å². The highest BCUT2D eigenvalue weighted by Crippen LogP contribution is 2.09. The first-order chi connectivity index (χ1) is 8.19. The van der Waals surface area contributed by atoms with Crippen molar-refractivity contribution in [1.29, 1.82) is 0 Å². The Morgan fingerprint density at radius 3 is 2.88 bits per heavy atom. The maximum absolute atomic E-state index is 11.8. The summed E-state index contributed by atoms with van der Waals surface area (Å²) in [5.74, 6) is 0.408. The van der Waals surface area contributed by atoms with Gasteiger partial charge in [-0.1, -0.05) is 13.3 Å². The lowest BCUT2D eigenvalue weighted by Gasteiger charge is -2.15. The highest BCUT2D eigenvalue weighted by Gasteiger charge is 2.12. The summed E-state index contributed by atoms with van der Waals surface area (Å²) in [6.07, 6.45) is 4.80. The fourth-order valence-corrected chi connectivity index (χ4v) is 1.92. The molecule has 5 nitrogen and oxygen atoms in total. The molecule has 0 saturated carbocycles. The summed E-state index contributed by atoms with van der Waals surface area (Å²) < 4.78 is 1.58. The Balaban J connectivity index is 2.43. The first-order valence-electron chi connectivity index (χ1n) is 6.15. The maximum atomic E-state index is 11.8. The molecule has 0 spiro atoms. The standard InChI is InChI=1S/C12H22N4O/c1-3-4-10(5-7-13)9-14-12(17)11-6-8-15-16(11)2/h6,8,10H,3-5,7,9,13H2,1-2H3,(H,14,17). The lowest BCUT2D eigenvalue weighted by Crippen LogP contribution is -2.31. The normalized spacial score (nSPS) is 12.4. The molecule has 1 unspecified atom stereocenters. The molecule has 96 valence electrons. The molecule has 0 aliphatic rings. The third-order valence-corrected chi connectivity index (χ3v) is 2.88. The van der Waals surface area contributed by atoms with Gasteiger partial charge >= 0.3 is 0 Å². The number of nitrogens with one attached hydrogen (secondary N) is 1. The summed E-state index contributed by atoms with van der Waals surface area (Å²) in [6, 6.07) is 1.72. The summed E-state index contributed by atoms with van der Waals surface area (Å²) in [5, 5.41) is 6.91. The summed E-state index contributed by atoms with van der Waals surface area (Å²) >= 11 is 0. The van der Waals surface area contributed by atoms with Gasteiger partial charge in [0.1, 0.15) is 5.69 Å². The molecule has 0 saturated heterocycles. The van der Waals surface area contributed by atoms with Crippen LogP contribution in [0.25, 0.3) is 0 Å². The molecule has 1 rings (SSSR count). The zero-order valence-corrected chi connectivity index (χ0v) is 10.6. The number of amides is 1. The summed E-state index contributed by atoms with van der Waals surface area (Å²) in [5.41, 5.74) is 6.15. The monoisotopic (exact) mass is 238 g/mol. The van der Waals surface area contributed by atoms with E-state index in [4.69, 9.17) is 5.73 Å². The molecule has 0 bridgehead atoms. The van der Waals surface area contributed by atoms with Crippen molar-refractivity contribution in [2.24, 2.45) is 18.7 Å². The Labute approximate surface area is 102 Å². The van der Waals surface area contributed by atoms with Crippen LogP contribution in [0, 0.1) is 5.92 Å². The summed E-state index contributed by atoms with van der Waals surface area (Å²) in [6.45, 7) is 3.51. The predicted octanol–water partition coefficient (Wildman–Crippen LogP) is 0.915. The Morgan fingerprint density at radius 2 is 2.35 bits per heavy atom. The number of aromatic nitrogens is 2. The average molecular weight is 238 g/mol. The van der Waals surface area contributed by atoms with Gasteiger partial charge in [-0.05, 0) is 31.4 Å². The maximum Gasteiger partial charge on any atom is 0.269 e. The number of nitrogens with zero attached hydrogens (tertiary/aromatic N) is 2. The van der Waals surface area contributed by atoms with Crippen molar-refractivity contribution < 1.29 is 4.79 Å². The van der Waals surface area contributed by atoms with Gasteiger partial charge in [-0.15, -0.1) is 0 Å². The SMILES string of the molecule is CCCC(CCN)CNC(=O)c1ccnn1C. The molecule has 1 aromatic heterocycles. The van der Waals surface area contributed by atoms with E-state index in [0.29, 0.717) is 24.7 Å². The van der Waals surface area contributed by atoms with Crippen LogP contribution in [-0.2, 0) is 7.05 Å². The van der Waals surface area contributed by atoms with Crippen molar-refractivity contribution in [3.05, 3.63) is 18.0 Å². The lowest BCUT2D eigenvalue weighted by molar-refractivity contribution is 0.0936. The highest BCUT2D eigenvalue weighted by atomic mass is 16.2. The smallest absolute Gasteiger partial charge is 0.269 e. The van der Waals surface area contributed by atoms with Crippen LogP contribution >= 0.6 is 0 Å². The molecule has 0 aliphatic carbocycles. The van der Waals surface area contributed by atoms with Crippen molar-refractivity contribution in [3.8, 4) is 0 Å². The van der Waals surface area contributed by atoms with Crippen molar-refractivity contribution >= 4 is 5.91 Å². The molecule has 1 aromatic rings. The molecule has 3 N–H and O–H groups in total. The molecule has 17 heavy (non-hydrogen) atoms. The second-order valence-electron chi connectivity index (χ2n) is 4.28. The first-order valence-corrected chi connectivity index (χ1v) is 6.15. The van der Waals surface area contributed by atoms with E-state index in [1.54, 1.807) is 24.0 Å². The largest absolute Gasteiger partial charge is 0.350 e. The molecule has 0 aromatic carbocycles. The van der Waals surface area contributed by atoms with E-state index in [0.717, 1.165) is 19.3 Å². The Bertz CT molecular complexity index is 342. The quantitative estimate of drug-likeness (QED) is 0.741. The minimum absolute atomic E-state index is 0.0666. The van der Waals surface area contributed by atoms with Crippen molar-refractivity contribution in [2.75, 3.05) is 13.1 Å². The molecular formula is C12H22N4O. The second-order valence-corrected chi connectivity index (χ2v) is 4.28. The van der Waals surface area contributed by atoms with Gasteiger partial charge in [0.25, 0.3) is 5.91 Å². The number of rotatable bonds is 7. The van der Waals surface area contributed by atoms with Gasteiger partial charge in [-0.2, -0.15) is 5.10 Å². The zero-order chi connectivity index (χ0) is 12.7. The van der Waals surface area contributed by atoms with Crippen LogP contribution in [0.15, 0.2) is 12.3 Å². The summed E-state index contributed by atoms with van der Waals surface area (Å²) in [7, 11) is 1.76. The minimum atomic E-state index is -0.0666. The van der Waals surface area contributed by atoms with Gasteiger partial charge in [0, 0.05) is 19.8 Å². The Hall–Kier alpha value is -1.36. The van der Waals surface area contributed by atoms with Gasteiger partial charge in [0.05, 0.1) is 0 Å². The fourth-order valence-electron chi connectivity index (χ4n) is 1.92. The van der Waals surface area contributed by atoms with Gasteiger partial charge in [0.2, 0.25) is 0 Å². The molecule has 1 atom stereocenters. The summed E-state index contributed by atoms with van der Waals surface area (Å²) in [4.78, 5) is 11.8. The number of aryl methyl sites for hydroxylation is 1. The Morgan fingerprint density at radius 1 is 1.59 bits per heavy atom. The van der Waals surface area contributed by atoms with Crippen LogP contribution in [0.5, 0.6) is 0 Å². The van der Waals surface area contributed by atoms with Crippen LogP contribution in [-0.4, -0.2) is 28.8 Å². The van der Waals surface area contributed by atoms with E-state index < -0.39 is 0 Å². The van der Waals surface area contributed by atoms with Crippen LogP contribution in [0.1, 0.15) is 36.7 Å². The van der Waals surface area contributed by atoms with Gasteiger partial charge in [-0.3, -0.25) is 9.48 Å². The van der Waals surface area contributed by atoms with Gasteiger partial charge < -0.3 is 11.1 Å². The van der Waals surface area contributed by atoms with E-state index in [2.05, 4.69) is 17.3 Å². The number of nitrogens with two attached hydrogens (primary N) is 1. The molecule has 5 heteroatoms. The molecule has 1 heterocycles. The molecule has 0 aliphatic heterocycles. The highest BCUT2D eigenvalue weighted by molar-refractivity contribution is 5.92. The van der Waals surface area contributed by atoms with Crippen molar-refractivity contribution in [3.63, 3.8) is 0 Å². The van der Waals surface area contributed by atoms with Crippen molar-refractivity contribution in [1.82, 2.24) is 15.1 Å². The van der Waals surface area contributed by atoms with Crippen LogP contribution < -0.4 is 11.1 Å². The zero-order valence-electron chi connectivity index (χ0n) is 10.6. The molecule has 1 amide bonds. The van der Waals surface area contributed by atoms with E-state index in [-0.39, 0.29) is 5.91 Å². The predicted molar refractivity (Wildman–Crippen MR) is 67.6 cm³/mol. The third kappa shape index (κ3) is 4.19. The number of carbonyl (C=O) groups excluding carboxylic acids is 1. The minimum Gasteiger partial charge on any atom is -0.350 e. The fraction of sp³-hybridized carbons (Fsp3) is 0.667. The number of hydrogen-bond donors (Lipinski definition) is 2. The topological polar surface area (TPSA) is 72.9 Å². The first kappa shape index (κ1) is 13.7. The average Bonchev–Trinajstić information content (AvgIpc) is 2.72. The Kier molecular flexibility index (Phi) is 5.69. The molecule has 0 radical (unpaired) electrons. The van der Waals surface area contributed by atoms with E-state index in [1.807, 2.05) is 0 Å². The van der Waals surface area contributed by atoms with E-state index in [9.17, 15) is 4.79 Å². The number of carbonyl (C=O) groups is 1. The lowest BCUT2D eigenvalue weighted by atomic mass is 10.00.